The van der Waals surface area contributed by atoms with Crippen LogP contribution >= 0.6 is 0 Å². The molecule has 2 aromatic rings. The van der Waals surface area contributed by atoms with Gasteiger partial charge in [-0.1, -0.05) is 24.3 Å². The number of carbonyl (C=O) groups is 2. The zero-order chi connectivity index (χ0) is 17.4. The van der Waals surface area contributed by atoms with Crippen LogP contribution in [-0.4, -0.2) is 24.6 Å². The van der Waals surface area contributed by atoms with Gasteiger partial charge in [-0.3, -0.25) is 9.59 Å². The number of carbonyl (C=O) groups excluding carboxylic acids is 2. The molecule has 124 valence electrons. The van der Waals surface area contributed by atoms with Crippen LogP contribution in [0.3, 0.4) is 0 Å². The van der Waals surface area contributed by atoms with Gasteiger partial charge in [-0.25, -0.2) is 9.82 Å². The van der Waals surface area contributed by atoms with Gasteiger partial charge in [0.05, 0.1) is 18.5 Å². The Labute approximate surface area is 138 Å². The first-order valence-corrected chi connectivity index (χ1v) is 7.22. The molecule has 0 spiro atoms. The Morgan fingerprint density at radius 3 is 2.58 bits per heavy atom. The molecule has 0 radical (unpaired) electrons. The minimum atomic E-state index is -1.02. The predicted octanol–water partition coefficient (Wildman–Crippen LogP) is 2.31. The zero-order valence-electron chi connectivity index (χ0n) is 13.0. The van der Waals surface area contributed by atoms with E-state index in [0.717, 1.165) is 0 Å². The lowest BCUT2D eigenvalue weighted by molar-refractivity contribution is -0.136. The van der Waals surface area contributed by atoms with E-state index in [2.05, 4.69) is 15.8 Å². The summed E-state index contributed by atoms with van der Waals surface area (Å²) in [5, 5.41) is 5.88. The second-order valence-electron chi connectivity index (χ2n) is 4.60. The first-order chi connectivity index (χ1) is 11.6. The van der Waals surface area contributed by atoms with Crippen LogP contribution in [0, 0.1) is 5.82 Å². The molecule has 2 N–H and O–H groups in total. The second-order valence-corrected chi connectivity index (χ2v) is 4.60. The molecule has 0 aliphatic heterocycles. The average Bonchev–Trinajstić information content (AvgIpc) is 2.58. The number of benzene rings is 2. The summed E-state index contributed by atoms with van der Waals surface area (Å²) in [5.74, 6) is -2.06. The molecule has 0 saturated carbocycles. The van der Waals surface area contributed by atoms with E-state index in [9.17, 15) is 14.0 Å². The summed E-state index contributed by atoms with van der Waals surface area (Å²) in [4.78, 5) is 23.4. The Kier molecular flexibility index (Phi) is 6.01. The van der Waals surface area contributed by atoms with Gasteiger partial charge in [0.15, 0.2) is 0 Å². The molecule has 0 unspecified atom stereocenters. The van der Waals surface area contributed by atoms with Crippen molar-refractivity contribution in [1.29, 1.82) is 0 Å². The molecule has 0 heterocycles. The van der Waals surface area contributed by atoms with E-state index in [-0.39, 0.29) is 5.69 Å². The second kappa shape index (κ2) is 8.42. The molecule has 0 fully saturated rings. The molecule has 2 amide bonds. The number of nitrogens with zero attached hydrogens (tertiary/aromatic N) is 1. The van der Waals surface area contributed by atoms with Gasteiger partial charge >= 0.3 is 11.8 Å². The average molecular weight is 329 g/mol. The Morgan fingerprint density at radius 1 is 1.12 bits per heavy atom. The van der Waals surface area contributed by atoms with Crippen molar-refractivity contribution in [2.45, 2.75) is 6.92 Å². The highest BCUT2D eigenvalue weighted by molar-refractivity contribution is 6.39. The maximum atomic E-state index is 13.4. The van der Waals surface area contributed by atoms with Gasteiger partial charge in [0.1, 0.15) is 11.6 Å². The largest absolute Gasteiger partial charge is 0.493 e. The highest BCUT2D eigenvalue weighted by Crippen LogP contribution is 2.15. The number of amides is 2. The Hall–Kier alpha value is -3.22. The lowest BCUT2D eigenvalue weighted by atomic mass is 10.2. The monoisotopic (exact) mass is 329 g/mol. The number of para-hydroxylation sites is 2. The predicted molar refractivity (Wildman–Crippen MR) is 88.4 cm³/mol. The summed E-state index contributed by atoms with van der Waals surface area (Å²) in [7, 11) is 0. The van der Waals surface area contributed by atoms with Crippen molar-refractivity contribution in [3.05, 3.63) is 59.9 Å². The molecule has 0 aromatic heterocycles. The van der Waals surface area contributed by atoms with Gasteiger partial charge in [-0.2, -0.15) is 5.10 Å². The van der Waals surface area contributed by atoms with Crippen molar-refractivity contribution in [2.24, 2.45) is 5.10 Å². The standard InChI is InChI=1S/C17H16FN3O3/c1-2-24-15-10-6-3-7-12(15)11-19-21-17(23)16(22)20-14-9-5-4-8-13(14)18/h3-11H,2H2,1H3,(H,20,22)(H,21,23)/b19-11+. The van der Waals surface area contributed by atoms with Crippen LogP contribution in [-0.2, 0) is 9.59 Å². The molecule has 0 bridgehead atoms. The number of halogens is 1. The molecule has 0 aliphatic carbocycles. The van der Waals surface area contributed by atoms with E-state index in [1.165, 1.54) is 24.4 Å². The number of nitrogens with one attached hydrogen (secondary N) is 2. The number of hydrogen-bond acceptors (Lipinski definition) is 4. The van der Waals surface area contributed by atoms with Gasteiger partial charge in [0.25, 0.3) is 0 Å². The quantitative estimate of drug-likeness (QED) is 0.502. The van der Waals surface area contributed by atoms with Crippen LogP contribution in [0.25, 0.3) is 0 Å². The van der Waals surface area contributed by atoms with Gasteiger partial charge < -0.3 is 10.1 Å². The Balaban J connectivity index is 1.95. The van der Waals surface area contributed by atoms with E-state index in [4.69, 9.17) is 4.74 Å². The Morgan fingerprint density at radius 2 is 1.83 bits per heavy atom. The first-order valence-electron chi connectivity index (χ1n) is 7.22. The molecule has 0 saturated heterocycles. The SMILES string of the molecule is CCOc1ccccc1/C=N/NC(=O)C(=O)Nc1ccccc1F. The molecule has 6 nitrogen and oxygen atoms in total. The summed E-state index contributed by atoms with van der Waals surface area (Å²) >= 11 is 0. The van der Waals surface area contributed by atoms with Crippen LogP contribution < -0.4 is 15.5 Å². The van der Waals surface area contributed by atoms with E-state index in [1.54, 1.807) is 24.3 Å². The van der Waals surface area contributed by atoms with E-state index < -0.39 is 17.6 Å². The molecule has 0 atom stereocenters. The number of anilines is 1. The van der Waals surface area contributed by atoms with Crippen molar-refractivity contribution in [1.82, 2.24) is 5.43 Å². The minimum absolute atomic E-state index is 0.0803. The van der Waals surface area contributed by atoms with E-state index in [0.29, 0.717) is 17.9 Å². The van der Waals surface area contributed by atoms with Crippen molar-refractivity contribution < 1.29 is 18.7 Å². The summed E-state index contributed by atoms with van der Waals surface area (Å²) in [6.07, 6.45) is 1.36. The van der Waals surface area contributed by atoms with Crippen LogP contribution in [0.5, 0.6) is 5.75 Å². The van der Waals surface area contributed by atoms with Crippen LogP contribution in [0.2, 0.25) is 0 Å². The third-order valence-electron chi connectivity index (χ3n) is 2.92. The number of rotatable bonds is 5. The number of hydrazone groups is 1. The molecule has 7 heteroatoms. The number of ether oxygens (including phenoxy) is 1. The normalized spacial score (nSPS) is 10.4. The highest BCUT2D eigenvalue weighted by atomic mass is 19.1. The maximum absolute atomic E-state index is 13.4. The van der Waals surface area contributed by atoms with E-state index in [1.807, 2.05) is 13.0 Å². The van der Waals surface area contributed by atoms with Gasteiger partial charge in [0, 0.05) is 5.56 Å². The lowest BCUT2D eigenvalue weighted by Crippen LogP contribution is -2.32. The van der Waals surface area contributed by atoms with Gasteiger partial charge in [0.2, 0.25) is 0 Å². The first kappa shape index (κ1) is 17.1. The fourth-order valence-electron chi connectivity index (χ4n) is 1.83. The molecular formula is C17H16FN3O3. The smallest absolute Gasteiger partial charge is 0.329 e. The third kappa shape index (κ3) is 4.64. The molecule has 24 heavy (non-hydrogen) atoms. The van der Waals surface area contributed by atoms with Crippen LogP contribution in [0.4, 0.5) is 10.1 Å². The summed E-state index contributed by atoms with van der Waals surface area (Å²) in [6.45, 7) is 2.34. The van der Waals surface area contributed by atoms with Crippen molar-refractivity contribution in [3.63, 3.8) is 0 Å². The fourth-order valence-corrected chi connectivity index (χ4v) is 1.83. The molecule has 2 aromatic carbocycles. The lowest BCUT2D eigenvalue weighted by Gasteiger charge is -2.06. The van der Waals surface area contributed by atoms with Crippen molar-refractivity contribution >= 4 is 23.7 Å². The fraction of sp³-hybridized carbons (Fsp3) is 0.118. The summed E-state index contributed by atoms with van der Waals surface area (Å²) < 4.78 is 18.8. The minimum Gasteiger partial charge on any atom is -0.493 e. The topological polar surface area (TPSA) is 79.8 Å². The maximum Gasteiger partial charge on any atom is 0.329 e. The van der Waals surface area contributed by atoms with Gasteiger partial charge in [-0.05, 0) is 31.2 Å². The summed E-state index contributed by atoms with van der Waals surface area (Å²) in [6, 6.07) is 12.7. The third-order valence-corrected chi connectivity index (χ3v) is 2.92. The van der Waals surface area contributed by atoms with Crippen LogP contribution in [0.1, 0.15) is 12.5 Å². The van der Waals surface area contributed by atoms with Crippen molar-refractivity contribution in [2.75, 3.05) is 11.9 Å². The van der Waals surface area contributed by atoms with E-state index >= 15 is 0 Å². The Bertz CT molecular complexity index is 762. The number of hydrogen-bond donors (Lipinski definition) is 2. The summed E-state index contributed by atoms with van der Waals surface area (Å²) in [5.41, 5.74) is 2.65. The zero-order valence-corrected chi connectivity index (χ0v) is 13.0. The molecule has 0 aliphatic rings. The van der Waals surface area contributed by atoms with Crippen LogP contribution in [0.15, 0.2) is 53.6 Å². The molecule has 2 rings (SSSR count). The van der Waals surface area contributed by atoms with Gasteiger partial charge in [-0.15, -0.1) is 0 Å². The highest BCUT2D eigenvalue weighted by Gasteiger charge is 2.14. The molecular weight excluding hydrogens is 313 g/mol. The van der Waals surface area contributed by atoms with Crippen molar-refractivity contribution in [3.8, 4) is 5.75 Å².